The van der Waals surface area contributed by atoms with Crippen molar-refractivity contribution in [1.29, 1.82) is 0 Å². The van der Waals surface area contributed by atoms with Gasteiger partial charge in [-0.15, -0.1) is 0 Å². The number of rotatable bonds is 2. The molecule has 0 aromatic carbocycles. The number of hydrogen-bond acceptors (Lipinski definition) is 4. The molecule has 2 rings (SSSR count). The summed E-state index contributed by atoms with van der Waals surface area (Å²) in [6.07, 6.45) is 1.76. The van der Waals surface area contributed by atoms with Crippen LogP contribution in [0.25, 0.3) is 0 Å². The molecule has 0 amide bonds. The fourth-order valence-corrected chi connectivity index (χ4v) is 1.95. The Morgan fingerprint density at radius 3 is 2.65 bits per heavy atom. The molecule has 0 radical (unpaired) electrons. The van der Waals surface area contributed by atoms with Gasteiger partial charge in [0.1, 0.15) is 0 Å². The first-order valence-electron chi connectivity index (χ1n) is 5.61. The van der Waals surface area contributed by atoms with Crippen LogP contribution in [-0.2, 0) is 0 Å². The van der Waals surface area contributed by atoms with Crippen LogP contribution < -0.4 is 4.90 Å². The van der Waals surface area contributed by atoms with E-state index < -0.39 is 0 Å². The zero-order valence-corrected chi connectivity index (χ0v) is 9.85. The largest absolute Gasteiger partial charge is 0.350 e. The Labute approximate surface area is 99.9 Å². The average Bonchev–Trinajstić information content (AvgIpc) is 2.29. The highest BCUT2D eigenvalue weighted by Crippen LogP contribution is 2.29. The van der Waals surface area contributed by atoms with E-state index in [1.807, 2.05) is 11.8 Å². The van der Waals surface area contributed by atoms with Crippen molar-refractivity contribution in [2.75, 3.05) is 18.0 Å². The smallest absolute Gasteiger partial charge is 0.311 e. The first-order chi connectivity index (χ1) is 8.08. The standard InChI is InChI=1S/C12H15N3O2/c1-9-5-7-14(8-6-9)12-11(15(16)17)4-3-10(2)13-12/h3-4H,1,5-8H2,2H3. The minimum absolute atomic E-state index is 0.0862. The fraction of sp³-hybridized carbons (Fsp3) is 0.417. The lowest BCUT2D eigenvalue weighted by atomic mass is 10.1. The van der Waals surface area contributed by atoms with Crippen LogP contribution in [0.2, 0.25) is 0 Å². The number of hydrogen-bond donors (Lipinski definition) is 0. The molecule has 0 bridgehead atoms. The Balaban J connectivity index is 2.33. The maximum Gasteiger partial charge on any atom is 0.311 e. The zero-order chi connectivity index (χ0) is 12.4. The number of piperidine rings is 1. The molecule has 1 saturated heterocycles. The molecule has 5 nitrogen and oxygen atoms in total. The lowest BCUT2D eigenvalue weighted by Crippen LogP contribution is -2.31. The van der Waals surface area contributed by atoms with Gasteiger partial charge in [-0.25, -0.2) is 4.98 Å². The predicted octanol–water partition coefficient (Wildman–Crippen LogP) is 2.45. The van der Waals surface area contributed by atoms with E-state index in [1.165, 1.54) is 11.6 Å². The molecule has 90 valence electrons. The van der Waals surface area contributed by atoms with Gasteiger partial charge in [-0.2, -0.15) is 0 Å². The molecule has 0 unspecified atom stereocenters. The van der Waals surface area contributed by atoms with Gasteiger partial charge in [-0.05, 0) is 25.8 Å². The van der Waals surface area contributed by atoms with Crippen molar-refractivity contribution in [3.8, 4) is 0 Å². The summed E-state index contributed by atoms with van der Waals surface area (Å²) in [7, 11) is 0. The second-order valence-corrected chi connectivity index (χ2v) is 4.29. The van der Waals surface area contributed by atoms with Gasteiger partial charge in [0.2, 0.25) is 5.82 Å². The van der Waals surface area contributed by atoms with E-state index in [0.717, 1.165) is 31.6 Å². The maximum atomic E-state index is 11.0. The fourth-order valence-electron chi connectivity index (χ4n) is 1.95. The monoisotopic (exact) mass is 233 g/mol. The van der Waals surface area contributed by atoms with Crippen LogP contribution in [0.1, 0.15) is 18.5 Å². The van der Waals surface area contributed by atoms with Crippen molar-refractivity contribution >= 4 is 11.5 Å². The summed E-state index contributed by atoms with van der Waals surface area (Å²) in [4.78, 5) is 16.9. The van der Waals surface area contributed by atoms with E-state index >= 15 is 0 Å². The molecule has 1 aromatic heterocycles. The van der Waals surface area contributed by atoms with Gasteiger partial charge in [0.05, 0.1) is 4.92 Å². The number of pyridine rings is 1. The molecule has 5 heteroatoms. The normalized spacial score (nSPS) is 16.1. The molecule has 1 fully saturated rings. The van der Waals surface area contributed by atoms with E-state index in [-0.39, 0.29) is 10.6 Å². The van der Waals surface area contributed by atoms with E-state index in [0.29, 0.717) is 5.82 Å². The molecule has 0 spiro atoms. The minimum atomic E-state index is -0.370. The van der Waals surface area contributed by atoms with Crippen LogP contribution in [0.15, 0.2) is 24.3 Å². The first kappa shape index (κ1) is 11.6. The summed E-state index contributed by atoms with van der Waals surface area (Å²) >= 11 is 0. The summed E-state index contributed by atoms with van der Waals surface area (Å²) in [5.41, 5.74) is 2.09. The van der Waals surface area contributed by atoms with Gasteiger partial charge < -0.3 is 4.90 Å². The Morgan fingerprint density at radius 2 is 2.06 bits per heavy atom. The third kappa shape index (κ3) is 2.43. The van der Waals surface area contributed by atoms with E-state index in [1.54, 1.807) is 6.07 Å². The number of anilines is 1. The van der Waals surface area contributed by atoms with Gasteiger partial charge in [0.25, 0.3) is 0 Å². The molecular formula is C12H15N3O2. The summed E-state index contributed by atoms with van der Waals surface area (Å²) in [6, 6.07) is 3.20. The summed E-state index contributed by atoms with van der Waals surface area (Å²) in [5.74, 6) is 0.488. The van der Waals surface area contributed by atoms with Crippen molar-refractivity contribution in [2.45, 2.75) is 19.8 Å². The minimum Gasteiger partial charge on any atom is -0.350 e. The molecule has 1 aliphatic heterocycles. The second-order valence-electron chi connectivity index (χ2n) is 4.29. The lowest BCUT2D eigenvalue weighted by Gasteiger charge is -2.28. The average molecular weight is 233 g/mol. The van der Waals surface area contributed by atoms with Crippen molar-refractivity contribution in [3.63, 3.8) is 0 Å². The molecule has 0 aliphatic carbocycles. The Hall–Kier alpha value is -1.91. The number of nitro groups is 1. The lowest BCUT2D eigenvalue weighted by molar-refractivity contribution is -0.384. The van der Waals surface area contributed by atoms with E-state index in [9.17, 15) is 10.1 Å². The third-order valence-corrected chi connectivity index (χ3v) is 2.96. The van der Waals surface area contributed by atoms with Gasteiger partial charge in [0.15, 0.2) is 0 Å². The molecule has 0 atom stereocenters. The van der Waals surface area contributed by atoms with Crippen LogP contribution in [0.5, 0.6) is 0 Å². The quantitative estimate of drug-likeness (QED) is 0.447. The van der Waals surface area contributed by atoms with Crippen LogP contribution in [-0.4, -0.2) is 23.0 Å². The Morgan fingerprint density at radius 1 is 1.41 bits per heavy atom. The molecule has 1 aliphatic rings. The van der Waals surface area contributed by atoms with Gasteiger partial charge in [-0.1, -0.05) is 12.2 Å². The molecular weight excluding hydrogens is 218 g/mol. The summed E-state index contributed by atoms with van der Waals surface area (Å²) in [5, 5.41) is 11.0. The molecule has 1 aromatic rings. The summed E-state index contributed by atoms with van der Waals surface area (Å²) < 4.78 is 0. The SMILES string of the molecule is C=C1CCN(c2nc(C)ccc2[N+](=O)[O-])CC1. The van der Waals surface area contributed by atoms with Crippen molar-refractivity contribution in [3.05, 3.63) is 40.1 Å². The van der Waals surface area contributed by atoms with Crippen molar-refractivity contribution < 1.29 is 4.92 Å². The first-order valence-corrected chi connectivity index (χ1v) is 5.61. The Bertz CT molecular complexity index is 461. The highest BCUT2D eigenvalue weighted by molar-refractivity contribution is 5.58. The van der Waals surface area contributed by atoms with Crippen molar-refractivity contribution in [2.24, 2.45) is 0 Å². The van der Waals surface area contributed by atoms with Crippen LogP contribution >= 0.6 is 0 Å². The van der Waals surface area contributed by atoms with Crippen LogP contribution in [0.3, 0.4) is 0 Å². The predicted molar refractivity (Wildman–Crippen MR) is 66.2 cm³/mol. The maximum absolute atomic E-state index is 11.0. The topological polar surface area (TPSA) is 59.3 Å². The number of nitrogens with zero attached hydrogens (tertiary/aromatic N) is 3. The molecule has 2 heterocycles. The molecule has 0 N–H and O–H groups in total. The van der Waals surface area contributed by atoms with E-state index in [4.69, 9.17) is 0 Å². The molecule has 0 saturated carbocycles. The van der Waals surface area contributed by atoms with E-state index in [2.05, 4.69) is 11.6 Å². The zero-order valence-electron chi connectivity index (χ0n) is 9.85. The second kappa shape index (κ2) is 4.53. The number of aryl methyl sites for hydroxylation is 1. The highest BCUT2D eigenvalue weighted by atomic mass is 16.6. The Kier molecular flexibility index (Phi) is 3.08. The van der Waals surface area contributed by atoms with Crippen LogP contribution in [0, 0.1) is 17.0 Å². The van der Waals surface area contributed by atoms with Crippen LogP contribution in [0.4, 0.5) is 11.5 Å². The van der Waals surface area contributed by atoms with Gasteiger partial charge in [-0.3, -0.25) is 10.1 Å². The third-order valence-electron chi connectivity index (χ3n) is 2.96. The highest BCUT2D eigenvalue weighted by Gasteiger charge is 2.23. The van der Waals surface area contributed by atoms with Crippen molar-refractivity contribution in [1.82, 2.24) is 4.98 Å². The molecule has 17 heavy (non-hydrogen) atoms. The summed E-state index contributed by atoms with van der Waals surface area (Å²) in [6.45, 7) is 7.30. The van der Waals surface area contributed by atoms with Gasteiger partial charge in [0, 0.05) is 24.8 Å². The number of aromatic nitrogens is 1. The van der Waals surface area contributed by atoms with Gasteiger partial charge >= 0.3 is 5.69 Å².